The number of hydrogen-bond donors (Lipinski definition) is 2. The summed E-state index contributed by atoms with van der Waals surface area (Å²) < 4.78 is 32.4. The maximum atomic E-state index is 12.2. The van der Waals surface area contributed by atoms with Crippen molar-refractivity contribution in [2.45, 2.75) is 45.1 Å². The lowest BCUT2D eigenvalue weighted by molar-refractivity contribution is 0.276. The molecule has 0 aromatic carbocycles. The molecule has 1 aliphatic carbocycles. The highest BCUT2D eigenvalue weighted by Crippen LogP contribution is 2.44. The molecule has 6 heteroatoms. The molecule has 1 aromatic heterocycles. The number of hydrogen-bond acceptors (Lipinski definition) is 4. The molecule has 1 heterocycles. The first kappa shape index (κ1) is 13.6. The number of aryl methyl sites for hydroxylation is 2. The van der Waals surface area contributed by atoms with Crippen LogP contribution >= 0.6 is 0 Å². The van der Waals surface area contributed by atoms with Gasteiger partial charge < -0.3 is 9.52 Å². The van der Waals surface area contributed by atoms with Gasteiger partial charge in [-0.15, -0.1) is 0 Å². The molecule has 0 atom stereocenters. The largest absolute Gasteiger partial charge is 0.465 e. The van der Waals surface area contributed by atoms with Crippen molar-refractivity contribution in [3.8, 4) is 0 Å². The van der Waals surface area contributed by atoms with Gasteiger partial charge in [0.05, 0.1) is 6.61 Å². The van der Waals surface area contributed by atoms with Gasteiger partial charge in [-0.05, 0) is 32.1 Å². The summed E-state index contributed by atoms with van der Waals surface area (Å²) in [6.07, 6.45) is 2.09. The molecule has 0 amide bonds. The van der Waals surface area contributed by atoms with Crippen LogP contribution in [0.4, 0.5) is 0 Å². The topological polar surface area (TPSA) is 79.5 Å². The quantitative estimate of drug-likeness (QED) is 0.851. The Morgan fingerprint density at radius 1 is 1.33 bits per heavy atom. The Labute approximate surface area is 107 Å². The third-order valence-electron chi connectivity index (χ3n) is 3.54. The van der Waals surface area contributed by atoms with Crippen LogP contribution < -0.4 is 4.72 Å². The lowest BCUT2D eigenvalue weighted by Crippen LogP contribution is -2.30. The summed E-state index contributed by atoms with van der Waals surface area (Å²) in [6.45, 7) is 5.40. The molecular weight excluding hydrogens is 254 g/mol. The van der Waals surface area contributed by atoms with Gasteiger partial charge in [0.2, 0.25) is 10.0 Å². The Kier molecular flexibility index (Phi) is 3.29. The summed E-state index contributed by atoms with van der Waals surface area (Å²) in [6, 6.07) is 0. The third-order valence-corrected chi connectivity index (χ3v) is 5.14. The number of aliphatic hydroxyl groups is 1. The van der Waals surface area contributed by atoms with Gasteiger partial charge in [-0.1, -0.05) is 6.92 Å². The summed E-state index contributed by atoms with van der Waals surface area (Å²) in [7, 11) is -3.61. The van der Waals surface area contributed by atoms with Crippen LogP contribution in [0.1, 0.15) is 36.8 Å². The zero-order chi connectivity index (χ0) is 13.6. The highest BCUT2D eigenvalue weighted by Gasteiger charge is 2.39. The van der Waals surface area contributed by atoms with E-state index in [0.717, 1.165) is 12.8 Å². The van der Waals surface area contributed by atoms with Crippen molar-refractivity contribution in [1.29, 1.82) is 0 Å². The van der Waals surface area contributed by atoms with E-state index >= 15 is 0 Å². The lowest BCUT2D eigenvalue weighted by atomic mass is 10.2. The van der Waals surface area contributed by atoms with E-state index in [4.69, 9.17) is 4.42 Å². The molecule has 1 saturated carbocycles. The molecule has 0 radical (unpaired) electrons. The normalized spacial score (nSPS) is 18.0. The second-order valence-electron chi connectivity index (χ2n) is 5.32. The molecule has 1 aromatic rings. The minimum Gasteiger partial charge on any atom is -0.465 e. The van der Waals surface area contributed by atoms with Crippen molar-refractivity contribution in [1.82, 2.24) is 4.72 Å². The van der Waals surface area contributed by atoms with E-state index in [2.05, 4.69) is 11.6 Å². The van der Waals surface area contributed by atoms with E-state index in [0.29, 0.717) is 23.6 Å². The average molecular weight is 273 g/mol. The van der Waals surface area contributed by atoms with Crippen LogP contribution in [-0.2, 0) is 16.6 Å². The van der Waals surface area contributed by atoms with E-state index < -0.39 is 10.0 Å². The van der Waals surface area contributed by atoms with Crippen molar-refractivity contribution in [3.05, 3.63) is 17.1 Å². The van der Waals surface area contributed by atoms with Crippen LogP contribution in [0.25, 0.3) is 0 Å². The predicted molar refractivity (Wildman–Crippen MR) is 66.6 cm³/mol. The van der Waals surface area contributed by atoms with Gasteiger partial charge in [-0.2, -0.15) is 0 Å². The number of furan rings is 1. The zero-order valence-corrected chi connectivity index (χ0v) is 11.7. The van der Waals surface area contributed by atoms with Crippen LogP contribution in [0.15, 0.2) is 9.31 Å². The fourth-order valence-corrected chi connectivity index (χ4v) is 3.61. The van der Waals surface area contributed by atoms with Gasteiger partial charge in [0.25, 0.3) is 0 Å². The van der Waals surface area contributed by atoms with Crippen LogP contribution in [-0.4, -0.2) is 20.1 Å². The Morgan fingerprint density at radius 3 is 2.44 bits per heavy atom. The highest BCUT2D eigenvalue weighted by atomic mass is 32.2. The first-order chi connectivity index (χ1) is 8.29. The zero-order valence-electron chi connectivity index (χ0n) is 10.9. The molecule has 0 aliphatic heterocycles. The molecule has 0 saturated heterocycles. The second-order valence-corrected chi connectivity index (χ2v) is 7.02. The number of aliphatic hydroxyl groups excluding tert-OH is 1. The Bertz CT molecular complexity index is 555. The Hall–Kier alpha value is -0.850. The van der Waals surface area contributed by atoms with Crippen LogP contribution in [0.2, 0.25) is 0 Å². The second kappa shape index (κ2) is 4.36. The van der Waals surface area contributed by atoms with Crippen LogP contribution in [0.3, 0.4) is 0 Å². The van der Waals surface area contributed by atoms with E-state index in [9.17, 15) is 13.5 Å². The molecule has 0 unspecified atom stereocenters. The molecule has 2 rings (SSSR count). The Morgan fingerprint density at radius 2 is 1.94 bits per heavy atom. The van der Waals surface area contributed by atoms with E-state index in [-0.39, 0.29) is 16.9 Å². The van der Waals surface area contributed by atoms with Gasteiger partial charge in [0.1, 0.15) is 16.4 Å². The molecule has 102 valence electrons. The van der Waals surface area contributed by atoms with Crippen molar-refractivity contribution in [2.75, 3.05) is 6.54 Å². The fourth-order valence-electron chi connectivity index (χ4n) is 1.98. The molecule has 0 bridgehead atoms. The fraction of sp³-hybridized carbons (Fsp3) is 0.667. The number of nitrogens with one attached hydrogen (secondary N) is 1. The summed E-state index contributed by atoms with van der Waals surface area (Å²) in [4.78, 5) is 0.0896. The van der Waals surface area contributed by atoms with Gasteiger partial charge in [0, 0.05) is 12.1 Å². The molecule has 1 aliphatic rings. The molecule has 0 spiro atoms. The third kappa shape index (κ3) is 2.46. The van der Waals surface area contributed by atoms with E-state index in [1.165, 1.54) is 0 Å². The van der Waals surface area contributed by atoms with Gasteiger partial charge in [-0.3, -0.25) is 0 Å². The standard InChI is InChI=1S/C12H19NO4S/c1-8-10(6-14)11(9(2)17-8)18(15,16)13-7-12(3)4-5-12/h13-14H,4-7H2,1-3H3. The lowest BCUT2D eigenvalue weighted by Gasteiger charge is -2.11. The SMILES string of the molecule is Cc1oc(C)c(S(=O)(=O)NCC2(C)CC2)c1CO. The Balaban J connectivity index is 2.28. The minimum absolute atomic E-state index is 0.0896. The van der Waals surface area contributed by atoms with Crippen molar-refractivity contribution >= 4 is 10.0 Å². The van der Waals surface area contributed by atoms with Gasteiger partial charge in [-0.25, -0.2) is 13.1 Å². The van der Waals surface area contributed by atoms with Crippen LogP contribution in [0, 0.1) is 19.3 Å². The number of rotatable bonds is 5. The summed E-state index contributed by atoms with van der Waals surface area (Å²) in [5.74, 6) is 0.776. The van der Waals surface area contributed by atoms with Gasteiger partial charge >= 0.3 is 0 Å². The maximum absolute atomic E-state index is 12.2. The van der Waals surface area contributed by atoms with Crippen molar-refractivity contribution in [2.24, 2.45) is 5.41 Å². The van der Waals surface area contributed by atoms with Crippen LogP contribution in [0.5, 0.6) is 0 Å². The average Bonchev–Trinajstić information content (AvgIpc) is 2.93. The predicted octanol–water partition coefficient (Wildman–Crippen LogP) is 1.47. The number of sulfonamides is 1. The molecule has 1 fully saturated rings. The molecule has 5 nitrogen and oxygen atoms in total. The molecular formula is C12H19NO4S. The monoisotopic (exact) mass is 273 g/mol. The minimum atomic E-state index is -3.61. The molecule has 2 N–H and O–H groups in total. The summed E-state index contributed by atoms with van der Waals surface area (Å²) >= 11 is 0. The summed E-state index contributed by atoms with van der Waals surface area (Å²) in [5, 5.41) is 9.26. The highest BCUT2D eigenvalue weighted by molar-refractivity contribution is 7.89. The maximum Gasteiger partial charge on any atom is 0.244 e. The van der Waals surface area contributed by atoms with Crippen molar-refractivity contribution in [3.63, 3.8) is 0 Å². The van der Waals surface area contributed by atoms with E-state index in [1.807, 2.05) is 0 Å². The first-order valence-corrected chi connectivity index (χ1v) is 7.47. The van der Waals surface area contributed by atoms with Crippen molar-refractivity contribution < 1.29 is 17.9 Å². The smallest absolute Gasteiger partial charge is 0.244 e. The molecule has 18 heavy (non-hydrogen) atoms. The summed E-state index contributed by atoms with van der Waals surface area (Å²) in [5.41, 5.74) is 0.444. The first-order valence-electron chi connectivity index (χ1n) is 5.98. The van der Waals surface area contributed by atoms with E-state index in [1.54, 1.807) is 13.8 Å². The van der Waals surface area contributed by atoms with Gasteiger partial charge in [0.15, 0.2) is 0 Å².